The van der Waals surface area contributed by atoms with Gasteiger partial charge in [-0.2, -0.15) is 17.6 Å². The average molecular weight is 295 g/mol. The highest BCUT2D eigenvalue weighted by atomic mass is 19.3. The molecule has 0 aliphatic carbocycles. The van der Waals surface area contributed by atoms with Crippen LogP contribution in [0.3, 0.4) is 0 Å². The highest BCUT2D eigenvalue weighted by Crippen LogP contribution is 2.29. The van der Waals surface area contributed by atoms with Crippen molar-refractivity contribution in [1.82, 2.24) is 0 Å². The van der Waals surface area contributed by atoms with E-state index in [0.717, 1.165) is 12.1 Å². The van der Waals surface area contributed by atoms with Crippen LogP contribution in [0.25, 0.3) is 0 Å². The van der Waals surface area contributed by atoms with Crippen LogP contribution in [0.4, 0.5) is 17.6 Å². The molecule has 0 aromatic heterocycles. The van der Waals surface area contributed by atoms with Crippen molar-refractivity contribution in [3.8, 4) is 5.75 Å². The summed E-state index contributed by atoms with van der Waals surface area (Å²) < 4.78 is 53.7. The summed E-state index contributed by atoms with van der Waals surface area (Å²) in [4.78, 5) is 0. The van der Waals surface area contributed by atoms with E-state index in [4.69, 9.17) is 5.73 Å². The molecule has 20 heavy (non-hydrogen) atoms. The molecule has 0 saturated heterocycles. The Bertz CT molecular complexity index is 440. The standard InChI is InChI=1S/C13H17F4NO2/c1-7(2)11(19)10(18)8-4-3-5-9(6-8)20-13(16,17)12(14)15/h3-7,10-12,19H,18H2,1-2H3/t10-,11+/m1/s1. The number of nitrogens with two attached hydrogens (primary N) is 1. The summed E-state index contributed by atoms with van der Waals surface area (Å²) in [5.41, 5.74) is 6.12. The second kappa shape index (κ2) is 6.41. The van der Waals surface area contributed by atoms with Crippen molar-refractivity contribution < 1.29 is 27.4 Å². The van der Waals surface area contributed by atoms with Gasteiger partial charge in [0.2, 0.25) is 0 Å². The number of alkyl halides is 4. The Labute approximate surface area is 114 Å². The van der Waals surface area contributed by atoms with E-state index in [1.54, 1.807) is 13.8 Å². The maximum absolute atomic E-state index is 12.8. The Morgan fingerprint density at radius 2 is 1.85 bits per heavy atom. The maximum Gasteiger partial charge on any atom is 0.461 e. The van der Waals surface area contributed by atoms with Crippen LogP contribution in [0.15, 0.2) is 24.3 Å². The number of ether oxygens (including phenoxy) is 1. The fourth-order valence-electron chi connectivity index (χ4n) is 1.60. The average Bonchev–Trinajstić information content (AvgIpc) is 2.36. The number of hydrogen-bond acceptors (Lipinski definition) is 3. The molecule has 0 aliphatic rings. The molecule has 7 heteroatoms. The Morgan fingerprint density at radius 3 is 2.35 bits per heavy atom. The molecule has 1 aromatic carbocycles. The van der Waals surface area contributed by atoms with Gasteiger partial charge in [0, 0.05) is 0 Å². The summed E-state index contributed by atoms with van der Waals surface area (Å²) in [5.74, 6) is -0.573. The fraction of sp³-hybridized carbons (Fsp3) is 0.538. The zero-order valence-corrected chi connectivity index (χ0v) is 11.1. The Kier molecular flexibility index (Phi) is 5.35. The van der Waals surface area contributed by atoms with E-state index in [9.17, 15) is 22.7 Å². The van der Waals surface area contributed by atoms with Crippen LogP contribution >= 0.6 is 0 Å². The second-order valence-electron chi connectivity index (χ2n) is 4.80. The lowest BCUT2D eigenvalue weighted by atomic mass is 9.94. The molecule has 0 radical (unpaired) electrons. The number of benzene rings is 1. The van der Waals surface area contributed by atoms with Gasteiger partial charge >= 0.3 is 12.5 Å². The largest absolute Gasteiger partial charge is 0.461 e. The lowest BCUT2D eigenvalue weighted by Crippen LogP contribution is -2.33. The van der Waals surface area contributed by atoms with E-state index in [2.05, 4.69) is 4.74 Å². The van der Waals surface area contributed by atoms with Gasteiger partial charge in [0.05, 0.1) is 12.1 Å². The van der Waals surface area contributed by atoms with Crippen molar-refractivity contribution in [2.45, 2.75) is 38.5 Å². The Hall–Kier alpha value is -1.34. The first kappa shape index (κ1) is 16.7. The summed E-state index contributed by atoms with van der Waals surface area (Å²) >= 11 is 0. The van der Waals surface area contributed by atoms with Crippen LogP contribution in [-0.4, -0.2) is 23.7 Å². The van der Waals surface area contributed by atoms with E-state index in [-0.39, 0.29) is 5.92 Å². The molecule has 0 unspecified atom stereocenters. The number of aliphatic hydroxyl groups excluding tert-OH is 1. The minimum absolute atomic E-state index is 0.142. The molecule has 2 atom stereocenters. The molecular weight excluding hydrogens is 278 g/mol. The van der Waals surface area contributed by atoms with Crippen molar-refractivity contribution in [1.29, 1.82) is 0 Å². The molecule has 0 bridgehead atoms. The molecule has 0 spiro atoms. The number of halogens is 4. The SMILES string of the molecule is CC(C)[C@H](O)[C@H](N)c1cccc(OC(F)(F)C(F)F)c1. The van der Waals surface area contributed by atoms with Gasteiger partial charge in [0.15, 0.2) is 0 Å². The maximum atomic E-state index is 12.8. The van der Waals surface area contributed by atoms with Gasteiger partial charge < -0.3 is 15.6 Å². The first-order valence-electron chi connectivity index (χ1n) is 6.03. The molecule has 114 valence electrons. The summed E-state index contributed by atoms with van der Waals surface area (Å²) in [7, 11) is 0. The fourth-order valence-corrected chi connectivity index (χ4v) is 1.60. The van der Waals surface area contributed by atoms with Crippen molar-refractivity contribution in [3.63, 3.8) is 0 Å². The third-order valence-corrected chi connectivity index (χ3v) is 2.80. The van der Waals surface area contributed by atoms with E-state index >= 15 is 0 Å². The van der Waals surface area contributed by atoms with E-state index < -0.39 is 30.4 Å². The molecule has 0 saturated carbocycles. The zero-order valence-electron chi connectivity index (χ0n) is 11.1. The molecule has 0 heterocycles. The monoisotopic (exact) mass is 295 g/mol. The van der Waals surface area contributed by atoms with Gasteiger partial charge in [0.1, 0.15) is 5.75 Å². The van der Waals surface area contributed by atoms with Crippen molar-refractivity contribution in [2.75, 3.05) is 0 Å². The van der Waals surface area contributed by atoms with Crippen molar-refractivity contribution in [2.24, 2.45) is 11.7 Å². The lowest BCUT2D eigenvalue weighted by molar-refractivity contribution is -0.253. The van der Waals surface area contributed by atoms with Gasteiger partial charge in [-0.15, -0.1) is 0 Å². The van der Waals surface area contributed by atoms with Crippen LogP contribution < -0.4 is 10.5 Å². The van der Waals surface area contributed by atoms with Crippen LogP contribution in [0.2, 0.25) is 0 Å². The van der Waals surface area contributed by atoms with E-state index in [0.29, 0.717) is 5.56 Å². The third kappa shape index (κ3) is 4.08. The van der Waals surface area contributed by atoms with Gasteiger partial charge in [-0.3, -0.25) is 0 Å². The molecule has 3 nitrogen and oxygen atoms in total. The molecular formula is C13H17F4NO2. The third-order valence-electron chi connectivity index (χ3n) is 2.80. The molecule has 1 rings (SSSR count). The highest BCUT2D eigenvalue weighted by Gasteiger charge is 2.44. The normalized spacial score (nSPS) is 15.5. The Morgan fingerprint density at radius 1 is 1.25 bits per heavy atom. The minimum Gasteiger partial charge on any atom is -0.428 e. The molecule has 0 aliphatic heterocycles. The molecule has 0 fully saturated rings. The van der Waals surface area contributed by atoms with Crippen LogP contribution in [-0.2, 0) is 0 Å². The first-order chi connectivity index (χ1) is 9.15. The van der Waals surface area contributed by atoms with Gasteiger partial charge in [-0.1, -0.05) is 26.0 Å². The quantitative estimate of drug-likeness (QED) is 0.793. The summed E-state index contributed by atoms with van der Waals surface area (Å²) in [5, 5.41) is 9.83. The highest BCUT2D eigenvalue weighted by molar-refractivity contribution is 5.31. The van der Waals surface area contributed by atoms with Crippen molar-refractivity contribution in [3.05, 3.63) is 29.8 Å². The Balaban J connectivity index is 2.91. The van der Waals surface area contributed by atoms with Crippen LogP contribution in [0.5, 0.6) is 5.75 Å². The first-order valence-corrected chi connectivity index (χ1v) is 6.03. The second-order valence-corrected chi connectivity index (χ2v) is 4.80. The lowest BCUT2D eigenvalue weighted by Gasteiger charge is -2.23. The molecule has 1 aromatic rings. The zero-order chi connectivity index (χ0) is 15.5. The van der Waals surface area contributed by atoms with Crippen molar-refractivity contribution >= 4 is 0 Å². The predicted molar refractivity (Wildman–Crippen MR) is 65.8 cm³/mol. The number of aliphatic hydroxyl groups is 1. The van der Waals surface area contributed by atoms with Gasteiger partial charge in [-0.05, 0) is 23.6 Å². The van der Waals surface area contributed by atoms with E-state index in [1.807, 2.05) is 0 Å². The van der Waals surface area contributed by atoms with Gasteiger partial charge in [-0.25, -0.2) is 0 Å². The number of hydrogen-bond donors (Lipinski definition) is 2. The van der Waals surface area contributed by atoms with E-state index in [1.165, 1.54) is 12.1 Å². The summed E-state index contributed by atoms with van der Waals surface area (Å²) in [6, 6.07) is 4.27. The predicted octanol–water partition coefficient (Wildman–Crippen LogP) is 2.94. The smallest absolute Gasteiger partial charge is 0.428 e. The molecule has 3 N–H and O–H groups in total. The number of rotatable bonds is 6. The minimum atomic E-state index is -4.57. The summed E-state index contributed by atoms with van der Waals surface area (Å²) in [6.45, 7) is 3.49. The van der Waals surface area contributed by atoms with Crippen LogP contribution in [0, 0.1) is 5.92 Å². The summed E-state index contributed by atoms with van der Waals surface area (Å²) in [6.07, 6.45) is -9.39. The molecule has 0 amide bonds. The van der Waals surface area contributed by atoms with Gasteiger partial charge in [0.25, 0.3) is 0 Å². The topological polar surface area (TPSA) is 55.5 Å². The van der Waals surface area contributed by atoms with Crippen LogP contribution in [0.1, 0.15) is 25.5 Å².